The number of carboxylic acid groups (broad SMARTS) is 1. The lowest BCUT2D eigenvalue weighted by Gasteiger charge is -2.23. The Morgan fingerprint density at radius 2 is 1.67 bits per heavy atom. The molecule has 3 rings (SSSR count). The lowest BCUT2D eigenvalue weighted by Crippen LogP contribution is -2.24. The second kappa shape index (κ2) is 11.3. The molecule has 4 heteroatoms. The Hall–Kier alpha value is -2.88. The number of aliphatic carboxylic acids is 1. The summed E-state index contributed by atoms with van der Waals surface area (Å²) in [6.45, 7) is 0.742. The number of unbranched alkanes of at least 4 members (excludes halogenated alkanes) is 2. The maximum Gasteiger partial charge on any atom is 0.303 e. The van der Waals surface area contributed by atoms with Crippen molar-refractivity contribution >= 4 is 12.2 Å². The van der Waals surface area contributed by atoms with Gasteiger partial charge in [0, 0.05) is 12.6 Å². The molecule has 1 atom stereocenters. The summed E-state index contributed by atoms with van der Waals surface area (Å²) in [7, 11) is 0. The molecule has 1 aliphatic rings. The Labute approximate surface area is 179 Å². The summed E-state index contributed by atoms with van der Waals surface area (Å²) in [5.41, 5.74) is 2.25. The lowest BCUT2D eigenvalue weighted by molar-refractivity contribution is -0.137. The molecule has 1 unspecified atom stereocenters. The standard InChI is InChI=1S/C26H31NO3/c28-25(29)16-19-26(17-7-20-27-26)18-15-23-11-13-24(14-12-23)30-21-6-2-5-10-22-8-3-1-4-9-22/h1,3-4,7-9,11-14,17,20H,2,5-6,10,15-16,18-19,21H2,(H,28,29). The molecule has 0 saturated heterocycles. The molecule has 1 N–H and O–H groups in total. The minimum Gasteiger partial charge on any atom is -0.494 e. The van der Waals surface area contributed by atoms with Crippen molar-refractivity contribution in [3.05, 3.63) is 77.9 Å². The summed E-state index contributed by atoms with van der Waals surface area (Å²) in [5, 5.41) is 8.99. The number of carbonyl (C=O) groups is 1. The van der Waals surface area contributed by atoms with Gasteiger partial charge in [-0.1, -0.05) is 48.5 Å². The summed E-state index contributed by atoms with van der Waals surface area (Å²) in [6.07, 6.45) is 12.6. The summed E-state index contributed by atoms with van der Waals surface area (Å²) in [5.74, 6) is 0.132. The van der Waals surface area contributed by atoms with Crippen LogP contribution >= 0.6 is 0 Å². The third-order valence-electron chi connectivity index (χ3n) is 5.59. The maximum atomic E-state index is 10.9. The van der Waals surface area contributed by atoms with Gasteiger partial charge >= 0.3 is 5.97 Å². The molecular weight excluding hydrogens is 374 g/mol. The van der Waals surface area contributed by atoms with Crippen molar-refractivity contribution in [2.75, 3.05) is 6.61 Å². The van der Waals surface area contributed by atoms with Crippen LogP contribution in [0, 0.1) is 0 Å². The van der Waals surface area contributed by atoms with Crippen LogP contribution in [0.1, 0.15) is 49.7 Å². The van der Waals surface area contributed by atoms with Crippen molar-refractivity contribution in [3.8, 4) is 5.75 Å². The lowest BCUT2D eigenvalue weighted by atomic mass is 9.88. The maximum absolute atomic E-state index is 10.9. The van der Waals surface area contributed by atoms with Crippen LogP contribution in [-0.2, 0) is 17.6 Å². The monoisotopic (exact) mass is 405 g/mol. The predicted molar refractivity (Wildman–Crippen MR) is 121 cm³/mol. The van der Waals surface area contributed by atoms with Crippen molar-refractivity contribution in [2.24, 2.45) is 4.99 Å². The molecule has 0 spiro atoms. The fraction of sp³-hybridized carbons (Fsp3) is 0.385. The molecule has 30 heavy (non-hydrogen) atoms. The van der Waals surface area contributed by atoms with Crippen molar-refractivity contribution in [2.45, 2.75) is 56.9 Å². The second-order valence-electron chi connectivity index (χ2n) is 7.92. The number of ether oxygens (including phenoxy) is 1. The topological polar surface area (TPSA) is 58.9 Å². The highest BCUT2D eigenvalue weighted by molar-refractivity contribution is 5.75. The molecule has 0 amide bonds. The number of hydrogen-bond donors (Lipinski definition) is 1. The Kier molecular flexibility index (Phi) is 8.25. The van der Waals surface area contributed by atoms with E-state index in [4.69, 9.17) is 9.84 Å². The van der Waals surface area contributed by atoms with Gasteiger partial charge in [0.1, 0.15) is 5.75 Å². The second-order valence-corrected chi connectivity index (χ2v) is 7.92. The van der Waals surface area contributed by atoms with Gasteiger partial charge in [-0.15, -0.1) is 0 Å². The minimum absolute atomic E-state index is 0.139. The van der Waals surface area contributed by atoms with E-state index in [1.54, 1.807) is 6.21 Å². The zero-order chi connectivity index (χ0) is 21.1. The number of benzene rings is 2. The first-order valence-electron chi connectivity index (χ1n) is 10.9. The first-order chi connectivity index (χ1) is 14.7. The number of nitrogens with zero attached hydrogens (tertiary/aromatic N) is 1. The van der Waals surface area contributed by atoms with Gasteiger partial charge in [0.05, 0.1) is 12.1 Å². The summed E-state index contributed by atoms with van der Waals surface area (Å²) in [6, 6.07) is 18.8. The van der Waals surface area contributed by atoms with Crippen LogP contribution in [0.15, 0.2) is 71.7 Å². The van der Waals surface area contributed by atoms with Crippen LogP contribution in [0.3, 0.4) is 0 Å². The Balaban J connectivity index is 1.35. The number of rotatable bonds is 13. The molecule has 158 valence electrons. The number of allylic oxidation sites excluding steroid dienone is 1. The van der Waals surface area contributed by atoms with E-state index in [1.165, 1.54) is 24.0 Å². The first kappa shape index (κ1) is 21.8. The van der Waals surface area contributed by atoms with Gasteiger partial charge in [0.15, 0.2) is 0 Å². The first-order valence-corrected chi connectivity index (χ1v) is 10.9. The normalized spacial score (nSPS) is 17.3. The molecule has 2 aromatic carbocycles. The van der Waals surface area contributed by atoms with Crippen LogP contribution in [0.5, 0.6) is 5.75 Å². The van der Waals surface area contributed by atoms with Gasteiger partial charge < -0.3 is 9.84 Å². The molecule has 0 aliphatic carbocycles. The molecule has 1 heterocycles. The van der Waals surface area contributed by atoms with Gasteiger partial charge in [0.25, 0.3) is 0 Å². The third-order valence-corrected chi connectivity index (χ3v) is 5.59. The van der Waals surface area contributed by atoms with Crippen LogP contribution in [0.25, 0.3) is 0 Å². The van der Waals surface area contributed by atoms with Crippen LogP contribution in [0.2, 0.25) is 0 Å². The average Bonchev–Trinajstić information content (AvgIpc) is 3.24. The fourth-order valence-electron chi connectivity index (χ4n) is 3.76. The van der Waals surface area contributed by atoms with Gasteiger partial charge in [-0.25, -0.2) is 0 Å². The molecule has 0 bridgehead atoms. The van der Waals surface area contributed by atoms with Gasteiger partial charge in [-0.3, -0.25) is 9.79 Å². The number of carboxylic acids is 1. The van der Waals surface area contributed by atoms with E-state index in [2.05, 4.69) is 47.5 Å². The fourth-order valence-corrected chi connectivity index (χ4v) is 3.76. The number of hydrogen-bond acceptors (Lipinski definition) is 3. The highest BCUT2D eigenvalue weighted by atomic mass is 16.5. The third kappa shape index (κ3) is 7.18. The van der Waals surface area contributed by atoms with E-state index < -0.39 is 5.97 Å². The Bertz CT molecular complexity index is 828. The van der Waals surface area contributed by atoms with Gasteiger partial charge in [0.2, 0.25) is 0 Å². The van der Waals surface area contributed by atoms with Crippen LogP contribution in [0.4, 0.5) is 0 Å². The zero-order valence-corrected chi connectivity index (χ0v) is 17.5. The molecule has 0 saturated carbocycles. The van der Waals surface area contributed by atoms with E-state index >= 15 is 0 Å². The highest BCUT2D eigenvalue weighted by Crippen LogP contribution is 2.29. The van der Waals surface area contributed by atoms with Crippen LogP contribution in [-0.4, -0.2) is 29.4 Å². The quantitative estimate of drug-likeness (QED) is 0.438. The smallest absolute Gasteiger partial charge is 0.303 e. The summed E-state index contributed by atoms with van der Waals surface area (Å²) >= 11 is 0. The predicted octanol–water partition coefficient (Wildman–Crippen LogP) is 5.66. The number of aliphatic imine (C=N–C) groups is 1. The SMILES string of the molecule is O=C(O)CCC1(CCc2ccc(OCCCCCc3ccccc3)cc2)C=CC=N1. The van der Waals surface area contributed by atoms with Crippen molar-refractivity contribution < 1.29 is 14.6 Å². The largest absolute Gasteiger partial charge is 0.494 e. The van der Waals surface area contributed by atoms with E-state index in [9.17, 15) is 4.79 Å². The van der Waals surface area contributed by atoms with Crippen LogP contribution < -0.4 is 4.74 Å². The van der Waals surface area contributed by atoms with Gasteiger partial charge in [-0.2, -0.15) is 0 Å². The van der Waals surface area contributed by atoms with E-state index in [0.29, 0.717) is 6.42 Å². The van der Waals surface area contributed by atoms with E-state index in [-0.39, 0.29) is 12.0 Å². The van der Waals surface area contributed by atoms with Crippen molar-refractivity contribution in [1.82, 2.24) is 0 Å². The molecule has 4 nitrogen and oxygen atoms in total. The Morgan fingerprint density at radius 1 is 0.900 bits per heavy atom. The molecule has 0 fully saturated rings. The molecular formula is C26H31NO3. The highest BCUT2D eigenvalue weighted by Gasteiger charge is 2.28. The van der Waals surface area contributed by atoms with E-state index in [0.717, 1.165) is 38.0 Å². The summed E-state index contributed by atoms with van der Waals surface area (Å²) < 4.78 is 5.88. The Morgan fingerprint density at radius 3 is 2.37 bits per heavy atom. The van der Waals surface area contributed by atoms with Crippen molar-refractivity contribution in [3.63, 3.8) is 0 Å². The minimum atomic E-state index is -0.772. The molecule has 1 aliphatic heterocycles. The van der Waals surface area contributed by atoms with Crippen molar-refractivity contribution in [1.29, 1.82) is 0 Å². The van der Waals surface area contributed by atoms with E-state index in [1.807, 2.05) is 24.3 Å². The molecule has 0 aromatic heterocycles. The number of aryl methyl sites for hydroxylation is 2. The zero-order valence-electron chi connectivity index (χ0n) is 17.5. The summed E-state index contributed by atoms with van der Waals surface area (Å²) in [4.78, 5) is 15.5. The van der Waals surface area contributed by atoms with Gasteiger partial charge in [-0.05, 0) is 74.3 Å². The molecule has 2 aromatic rings. The average molecular weight is 406 g/mol. The molecule has 0 radical (unpaired) electrons.